The second kappa shape index (κ2) is 7.16. The van der Waals surface area contributed by atoms with E-state index in [4.69, 9.17) is 0 Å². The van der Waals surface area contributed by atoms with Crippen LogP contribution in [0, 0.1) is 11.6 Å². The van der Waals surface area contributed by atoms with E-state index in [9.17, 15) is 17.2 Å². The first kappa shape index (κ1) is 17.5. The molecular weight excluding hydrogens is 322 g/mol. The summed E-state index contributed by atoms with van der Waals surface area (Å²) in [5, 5.41) is 3.10. The Bertz CT molecular complexity index is 775. The van der Waals surface area contributed by atoms with Gasteiger partial charge in [-0.3, -0.25) is 0 Å². The first-order chi connectivity index (χ1) is 10.8. The van der Waals surface area contributed by atoms with Crippen molar-refractivity contribution in [2.24, 2.45) is 0 Å². The second-order valence-corrected chi connectivity index (χ2v) is 7.44. The molecule has 2 aromatic rings. The molecule has 0 fully saturated rings. The highest BCUT2D eigenvalue weighted by Crippen LogP contribution is 2.14. The largest absolute Gasteiger partial charge is 0.309 e. The fourth-order valence-corrected chi connectivity index (χ4v) is 2.89. The lowest BCUT2D eigenvalue weighted by Gasteiger charge is -2.12. The van der Waals surface area contributed by atoms with Gasteiger partial charge in [0.25, 0.3) is 0 Å². The molecule has 23 heavy (non-hydrogen) atoms. The number of nitrogens with zero attached hydrogens (tertiary/aromatic N) is 1. The Balaban J connectivity index is 1.95. The molecule has 2 rings (SSSR count). The normalized spacial score (nSPS) is 11.9. The van der Waals surface area contributed by atoms with Crippen molar-refractivity contribution in [3.05, 3.63) is 65.2 Å². The van der Waals surface area contributed by atoms with E-state index < -0.39 is 21.7 Å². The van der Waals surface area contributed by atoms with E-state index in [0.29, 0.717) is 18.7 Å². The Labute approximate surface area is 134 Å². The van der Waals surface area contributed by atoms with Gasteiger partial charge in [0.2, 0.25) is 10.0 Å². The molecule has 7 heteroatoms. The maximum atomic E-state index is 13.1. The summed E-state index contributed by atoms with van der Waals surface area (Å²) < 4.78 is 51.0. The van der Waals surface area contributed by atoms with E-state index in [2.05, 4.69) is 5.32 Å². The van der Waals surface area contributed by atoms with Crippen LogP contribution in [0.15, 0.2) is 47.4 Å². The molecule has 1 N–H and O–H groups in total. The molecule has 0 aromatic heterocycles. The van der Waals surface area contributed by atoms with Gasteiger partial charge in [-0.05, 0) is 35.4 Å². The smallest absolute Gasteiger partial charge is 0.242 e. The van der Waals surface area contributed by atoms with Gasteiger partial charge in [0.15, 0.2) is 11.6 Å². The van der Waals surface area contributed by atoms with Crippen molar-refractivity contribution in [2.45, 2.75) is 18.0 Å². The molecule has 0 unspecified atom stereocenters. The predicted octanol–water partition coefficient (Wildman–Crippen LogP) is 2.50. The number of hydrogen-bond acceptors (Lipinski definition) is 3. The standard InChI is InChI=1S/C16H18F2N2O2S/c1-20(2)23(21,22)14-6-3-12(4-7-14)10-19-11-13-5-8-15(17)16(18)9-13/h3-9,19H,10-11H2,1-2H3. The summed E-state index contributed by atoms with van der Waals surface area (Å²) in [6.45, 7) is 0.871. The average Bonchev–Trinajstić information content (AvgIpc) is 2.51. The lowest BCUT2D eigenvalue weighted by Crippen LogP contribution is -2.22. The van der Waals surface area contributed by atoms with Gasteiger partial charge >= 0.3 is 0 Å². The number of sulfonamides is 1. The Morgan fingerprint density at radius 3 is 2.04 bits per heavy atom. The molecular formula is C16H18F2N2O2S. The summed E-state index contributed by atoms with van der Waals surface area (Å²) in [5.74, 6) is -1.74. The minimum absolute atomic E-state index is 0.229. The molecule has 0 bridgehead atoms. The summed E-state index contributed by atoms with van der Waals surface area (Å²) in [6.07, 6.45) is 0. The summed E-state index contributed by atoms with van der Waals surface area (Å²) >= 11 is 0. The van der Waals surface area contributed by atoms with Gasteiger partial charge in [-0.1, -0.05) is 18.2 Å². The molecule has 0 heterocycles. The number of hydrogen-bond donors (Lipinski definition) is 1. The van der Waals surface area contributed by atoms with E-state index >= 15 is 0 Å². The van der Waals surface area contributed by atoms with Crippen LogP contribution in [-0.2, 0) is 23.1 Å². The van der Waals surface area contributed by atoms with Crippen molar-refractivity contribution in [1.29, 1.82) is 0 Å². The first-order valence-corrected chi connectivity index (χ1v) is 8.41. The van der Waals surface area contributed by atoms with Crippen molar-refractivity contribution in [2.75, 3.05) is 14.1 Å². The predicted molar refractivity (Wildman–Crippen MR) is 84.2 cm³/mol. The molecule has 0 aliphatic rings. The fraction of sp³-hybridized carbons (Fsp3) is 0.250. The van der Waals surface area contributed by atoms with Gasteiger partial charge in [-0.2, -0.15) is 0 Å². The number of benzene rings is 2. The van der Waals surface area contributed by atoms with Gasteiger partial charge < -0.3 is 5.32 Å². The lowest BCUT2D eigenvalue weighted by molar-refractivity contribution is 0.506. The van der Waals surface area contributed by atoms with Crippen molar-refractivity contribution in [1.82, 2.24) is 9.62 Å². The zero-order valence-corrected chi connectivity index (χ0v) is 13.7. The Kier molecular flexibility index (Phi) is 5.46. The third-order valence-corrected chi connectivity index (χ3v) is 5.17. The molecule has 0 spiro atoms. The maximum Gasteiger partial charge on any atom is 0.242 e. The van der Waals surface area contributed by atoms with Crippen LogP contribution < -0.4 is 5.32 Å². The minimum Gasteiger partial charge on any atom is -0.309 e. The van der Waals surface area contributed by atoms with Crippen molar-refractivity contribution >= 4 is 10.0 Å². The molecule has 0 saturated carbocycles. The van der Waals surface area contributed by atoms with Crippen molar-refractivity contribution in [3.63, 3.8) is 0 Å². The number of rotatable bonds is 6. The SMILES string of the molecule is CN(C)S(=O)(=O)c1ccc(CNCc2ccc(F)c(F)c2)cc1. The van der Waals surface area contributed by atoms with E-state index in [1.54, 1.807) is 24.3 Å². The highest BCUT2D eigenvalue weighted by Gasteiger charge is 2.16. The second-order valence-electron chi connectivity index (χ2n) is 5.28. The summed E-state index contributed by atoms with van der Waals surface area (Å²) in [4.78, 5) is 0.229. The number of nitrogens with one attached hydrogen (secondary N) is 1. The Morgan fingerprint density at radius 1 is 0.913 bits per heavy atom. The fourth-order valence-electron chi connectivity index (χ4n) is 1.99. The van der Waals surface area contributed by atoms with Crippen molar-refractivity contribution < 1.29 is 17.2 Å². The molecule has 2 aromatic carbocycles. The quantitative estimate of drug-likeness (QED) is 0.879. The molecule has 0 aliphatic heterocycles. The molecule has 0 saturated heterocycles. The van der Waals surface area contributed by atoms with Crippen LogP contribution in [-0.4, -0.2) is 26.8 Å². The van der Waals surface area contributed by atoms with Crippen molar-refractivity contribution in [3.8, 4) is 0 Å². The zero-order valence-electron chi connectivity index (χ0n) is 12.9. The van der Waals surface area contributed by atoms with Gasteiger partial charge in [-0.25, -0.2) is 21.5 Å². The van der Waals surface area contributed by atoms with Crippen LogP contribution in [0.4, 0.5) is 8.78 Å². The summed E-state index contributed by atoms with van der Waals surface area (Å²) in [6, 6.07) is 10.3. The summed E-state index contributed by atoms with van der Waals surface area (Å²) in [5.41, 5.74) is 1.53. The molecule has 124 valence electrons. The minimum atomic E-state index is -3.43. The topological polar surface area (TPSA) is 49.4 Å². The molecule has 0 atom stereocenters. The maximum absolute atomic E-state index is 13.1. The van der Waals surface area contributed by atoms with Crippen LogP contribution in [0.5, 0.6) is 0 Å². The van der Waals surface area contributed by atoms with Crippen LogP contribution in [0.25, 0.3) is 0 Å². The zero-order chi connectivity index (χ0) is 17.0. The highest BCUT2D eigenvalue weighted by molar-refractivity contribution is 7.89. The van der Waals surface area contributed by atoms with Crippen LogP contribution in [0.3, 0.4) is 0 Å². The molecule has 0 aliphatic carbocycles. The Morgan fingerprint density at radius 2 is 1.48 bits per heavy atom. The van der Waals surface area contributed by atoms with E-state index in [1.165, 1.54) is 20.2 Å². The van der Waals surface area contributed by atoms with E-state index in [1.807, 2.05) is 0 Å². The molecule has 0 radical (unpaired) electrons. The first-order valence-electron chi connectivity index (χ1n) is 6.97. The van der Waals surface area contributed by atoms with Crippen LogP contribution >= 0.6 is 0 Å². The monoisotopic (exact) mass is 340 g/mol. The van der Waals surface area contributed by atoms with E-state index in [-0.39, 0.29) is 4.90 Å². The average molecular weight is 340 g/mol. The third-order valence-electron chi connectivity index (χ3n) is 3.34. The Hall–Kier alpha value is -1.83. The number of halogens is 2. The van der Waals surface area contributed by atoms with Gasteiger partial charge in [0.1, 0.15) is 0 Å². The van der Waals surface area contributed by atoms with Crippen LogP contribution in [0.2, 0.25) is 0 Å². The van der Waals surface area contributed by atoms with Gasteiger partial charge in [0, 0.05) is 27.2 Å². The van der Waals surface area contributed by atoms with E-state index in [0.717, 1.165) is 22.0 Å². The third kappa shape index (κ3) is 4.34. The molecule has 0 amide bonds. The van der Waals surface area contributed by atoms with Gasteiger partial charge in [0.05, 0.1) is 4.90 Å². The highest BCUT2D eigenvalue weighted by atomic mass is 32.2. The molecule has 4 nitrogen and oxygen atoms in total. The van der Waals surface area contributed by atoms with Crippen LogP contribution in [0.1, 0.15) is 11.1 Å². The van der Waals surface area contributed by atoms with Gasteiger partial charge in [-0.15, -0.1) is 0 Å². The lowest BCUT2D eigenvalue weighted by atomic mass is 10.2. The summed E-state index contributed by atoms with van der Waals surface area (Å²) in [7, 11) is -0.473.